The van der Waals surface area contributed by atoms with Crippen molar-refractivity contribution in [2.24, 2.45) is 5.73 Å². The van der Waals surface area contributed by atoms with Gasteiger partial charge in [-0.05, 0) is 19.8 Å². The summed E-state index contributed by atoms with van der Waals surface area (Å²) in [7, 11) is 0. The molecule has 0 aliphatic heterocycles. The number of ether oxygens (including phenoxy) is 1. The molecule has 0 saturated heterocycles. The van der Waals surface area contributed by atoms with E-state index in [1.807, 2.05) is 6.92 Å². The molecule has 3 heteroatoms. The third-order valence-corrected chi connectivity index (χ3v) is 1.65. The van der Waals surface area contributed by atoms with Crippen LogP contribution in [0, 0.1) is 0 Å². The molecule has 0 aromatic rings. The van der Waals surface area contributed by atoms with E-state index >= 15 is 0 Å². The van der Waals surface area contributed by atoms with E-state index in [1.165, 1.54) is 5.57 Å². The van der Waals surface area contributed by atoms with Crippen LogP contribution in [0.2, 0.25) is 0 Å². The van der Waals surface area contributed by atoms with E-state index in [0.717, 1.165) is 12.8 Å². The van der Waals surface area contributed by atoms with E-state index in [4.69, 9.17) is 10.5 Å². The van der Waals surface area contributed by atoms with Crippen LogP contribution in [0.3, 0.4) is 0 Å². The molecular formula is C9H15NO2. The summed E-state index contributed by atoms with van der Waals surface area (Å²) in [6.45, 7) is 2.15. The predicted octanol–water partition coefficient (Wildman–Crippen LogP) is 0.987. The molecule has 0 aromatic heterocycles. The minimum absolute atomic E-state index is 0.0610. The Kier molecular flexibility index (Phi) is 3.29. The largest absolute Gasteiger partial charge is 0.464 e. The fourth-order valence-electron chi connectivity index (χ4n) is 0.835. The maximum absolute atomic E-state index is 11.0. The Hall–Kier alpha value is -0.830. The van der Waals surface area contributed by atoms with Crippen molar-refractivity contribution < 1.29 is 9.53 Å². The van der Waals surface area contributed by atoms with Crippen LogP contribution >= 0.6 is 0 Å². The molecule has 0 fully saturated rings. The standard InChI is InChI=1S/C9H15NO2/c1-7(10)6-12-9(11)5-4-8-2-3-8/h2,7H,3-6,10H2,1H3. The number of nitrogens with two attached hydrogens (primary N) is 1. The van der Waals surface area contributed by atoms with E-state index in [9.17, 15) is 4.79 Å². The zero-order chi connectivity index (χ0) is 8.97. The molecule has 3 nitrogen and oxygen atoms in total. The molecule has 1 unspecified atom stereocenters. The van der Waals surface area contributed by atoms with Crippen molar-refractivity contribution in [3.63, 3.8) is 0 Å². The van der Waals surface area contributed by atoms with Gasteiger partial charge >= 0.3 is 5.97 Å². The van der Waals surface area contributed by atoms with Crippen LogP contribution in [0.15, 0.2) is 11.6 Å². The second-order valence-corrected chi connectivity index (χ2v) is 3.23. The Bertz CT molecular complexity index is 197. The Labute approximate surface area is 72.6 Å². The number of rotatable bonds is 5. The molecule has 0 heterocycles. The van der Waals surface area contributed by atoms with Crippen molar-refractivity contribution in [3.8, 4) is 0 Å². The number of hydrogen-bond acceptors (Lipinski definition) is 3. The molecule has 68 valence electrons. The fraction of sp³-hybridized carbons (Fsp3) is 0.667. The van der Waals surface area contributed by atoms with Gasteiger partial charge in [0.25, 0.3) is 0 Å². The average molecular weight is 169 g/mol. The lowest BCUT2D eigenvalue weighted by Gasteiger charge is -2.05. The first-order valence-electron chi connectivity index (χ1n) is 4.27. The van der Waals surface area contributed by atoms with Crippen LogP contribution in [0.1, 0.15) is 26.2 Å². The molecule has 0 saturated carbocycles. The third-order valence-electron chi connectivity index (χ3n) is 1.65. The van der Waals surface area contributed by atoms with E-state index in [0.29, 0.717) is 13.0 Å². The van der Waals surface area contributed by atoms with Gasteiger partial charge in [0.1, 0.15) is 6.61 Å². The van der Waals surface area contributed by atoms with Gasteiger partial charge in [-0.1, -0.05) is 11.6 Å². The molecule has 0 bridgehead atoms. The zero-order valence-corrected chi connectivity index (χ0v) is 7.38. The highest BCUT2D eigenvalue weighted by Gasteiger charge is 2.10. The Morgan fingerprint density at radius 2 is 2.50 bits per heavy atom. The second kappa shape index (κ2) is 4.26. The average Bonchev–Trinajstić information content (AvgIpc) is 2.80. The fourth-order valence-corrected chi connectivity index (χ4v) is 0.835. The number of hydrogen-bond donors (Lipinski definition) is 1. The summed E-state index contributed by atoms with van der Waals surface area (Å²) >= 11 is 0. The predicted molar refractivity (Wildman–Crippen MR) is 46.5 cm³/mol. The SMILES string of the molecule is CC(N)COC(=O)CCC1=CC1. The molecule has 0 amide bonds. The summed E-state index contributed by atoms with van der Waals surface area (Å²) in [4.78, 5) is 11.0. The van der Waals surface area contributed by atoms with Crippen molar-refractivity contribution in [2.45, 2.75) is 32.2 Å². The highest BCUT2D eigenvalue weighted by atomic mass is 16.5. The van der Waals surface area contributed by atoms with Crippen LogP contribution in [-0.4, -0.2) is 18.6 Å². The lowest BCUT2D eigenvalue weighted by Crippen LogP contribution is -2.23. The smallest absolute Gasteiger partial charge is 0.306 e. The van der Waals surface area contributed by atoms with Crippen LogP contribution in [0.4, 0.5) is 0 Å². The topological polar surface area (TPSA) is 52.3 Å². The van der Waals surface area contributed by atoms with Crippen LogP contribution < -0.4 is 5.73 Å². The quantitative estimate of drug-likeness (QED) is 0.493. The summed E-state index contributed by atoms with van der Waals surface area (Å²) in [5.41, 5.74) is 6.79. The summed E-state index contributed by atoms with van der Waals surface area (Å²) in [6, 6.07) is -0.0610. The monoisotopic (exact) mass is 169 g/mol. The summed E-state index contributed by atoms with van der Waals surface area (Å²) in [5, 5.41) is 0. The first kappa shape index (κ1) is 9.26. The molecule has 12 heavy (non-hydrogen) atoms. The van der Waals surface area contributed by atoms with Gasteiger partial charge in [0.05, 0.1) is 0 Å². The maximum Gasteiger partial charge on any atom is 0.306 e. The van der Waals surface area contributed by atoms with Gasteiger partial charge in [-0.15, -0.1) is 0 Å². The van der Waals surface area contributed by atoms with Crippen LogP contribution in [-0.2, 0) is 9.53 Å². The van der Waals surface area contributed by atoms with Crippen molar-refractivity contribution in [2.75, 3.05) is 6.61 Å². The molecule has 1 aliphatic rings. The first-order valence-corrected chi connectivity index (χ1v) is 4.27. The van der Waals surface area contributed by atoms with Gasteiger partial charge in [-0.25, -0.2) is 0 Å². The molecular weight excluding hydrogens is 154 g/mol. The lowest BCUT2D eigenvalue weighted by molar-refractivity contribution is -0.143. The van der Waals surface area contributed by atoms with Gasteiger partial charge in [-0.3, -0.25) is 4.79 Å². The molecule has 2 N–H and O–H groups in total. The molecule has 1 atom stereocenters. The van der Waals surface area contributed by atoms with Gasteiger partial charge in [0, 0.05) is 12.5 Å². The minimum Gasteiger partial charge on any atom is -0.464 e. The van der Waals surface area contributed by atoms with Gasteiger partial charge in [0.15, 0.2) is 0 Å². The molecule has 1 rings (SSSR count). The van der Waals surface area contributed by atoms with Crippen molar-refractivity contribution in [1.82, 2.24) is 0 Å². The van der Waals surface area contributed by atoms with Gasteiger partial charge in [0.2, 0.25) is 0 Å². The summed E-state index contributed by atoms with van der Waals surface area (Å²) in [6.07, 6.45) is 4.57. The van der Waals surface area contributed by atoms with Crippen molar-refractivity contribution in [3.05, 3.63) is 11.6 Å². The molecule has 0 aromatic carbocycles. The summed E-state index contributed by atoms with van der Waals surface area (Å²) < 4.78 is 4.89. The van der Waals surface area contributed by atoms with Crippen LogP contribution in [0.25, 0.3) is 0 Å². The van der Waals surface area contributed by atoms with Gasteiger partial charge in [-0.2, -0.15) is 0 Å². The van der Waals surface area contributed by atoms with Crippen molar-refractivity contribution >= 4 is 5.97 Å². The number of esters is 1. The molecule has 0 radical (unpaired) electrons. The lowest BCUT2D eigenvalue weighted by atomic mass is 10.2. The Morgan fingerprint density at radius 3 is 3.00 bits per heavy atom. The molecule has 0 spiro atoms. The van der Waals surface area contributed by atoms with E-state index in [1.54, 1.807) is 0 Å². The van der Waals surface area contributed by atoms with Crippen LogP contribution in [0.5, 0.6) is 0 Å². The number of carbonyl (C=O) groups is 1. The third kappa shape index (κ3) is 4.13. The number of carbonyl (C=O) groups excluding carboxylic acids is 1. The summed E-state index contributed by atoms with van der Waals surface area (Å²) in [5.74, 6) is -0.139. The minimum atomic E-state index is -0.139. The van der Waals surface area contributed by atoms with E-state index in [2.05, 4.69) is 6.08 Å². The zero-order valence-electron chi connectivity index (χ0n) is 7.38. The van der Waals surface area contributed by atoms with E-state index < -0.39 is 0 Å². The highest BCUT2D eigenvalue weighted by Crippen LogP contribution is 2.23. The normalized spacial score (nSPS) is 16.7. The molecule has 1 aliphatic carbocycles. The van der Waals surface area contributed by atoms with Gasteiger partial charge < -0.3 is 10.5 Å². The second-order valence-electron chi connectivity index (χ2n) is 3.23. The van der Waals surface area contributed by atoms with E-state index in [-0.39, 0.29) is 12.0 Å². The Balaban J connectivity index is 1.99. The van der Waals surface area contributed by atoms with Crippen molar-refractivity contribution in [1.29, 1.82) is 0 Å². The first-order chi connectivity index (χ1) is 5.68. The Morgan fingerprint density at radius 1 is 1.83 bits per heavy atom. The number of allylic oxidation sites excluding steroid dienone is 2. The maximum atomic E-state index is 11.0. The highest BCUT2D eigenvalue weighted by molar-refractivity contribution is 5.69.